The Kier molecular flexibility index (Phi) is 7.93. The van der Waals surface area contributed by atoms with E-state index in [1.807, 2.05) is 18.2 Å². The third-order valence-corrected chi connectivity index (χ3v) is 7.11. The highest BCUT2D eigenvalue weighted by molar-refractivity contribution is 6.31. The molecule has 0 amide bonds. The molecule has 2 aliphatic heterocycles. The molecule has 0 spiro atoms. The predicted molar refractivity (Wildman–Crippen MR) is 136 cm³/mol. The number of benzene rings is 1. The molecular weight excluding hydrogens is 466 g/mol. The summed E-state index contributed by atoms with van der Waals surface area (Å²) in [5.41, 5.74) is 2.82. The molecule has 1 aromatic carbocycles. The normalized spacial score (nSPS) is 19.3. The summed E-state index contributed by atoms with van der Waals surface area (Å²) in [5, 5.41) is 5.54. The summed E-state index contributed by atoms with van der Waals surface area (Å²) in [6.45, 7) is 4.30. The van der Waals surface area contributed by atoms with Crippen LogP contribution in [-0.2, 0) is 16.0 Å². The van der Waals surface area contributed by atoms with Crippen LogP contribution in [0.3, 0.4) is 0 Å². The number of piperidine rings is 1. The second kappa shape index (κ2) is 11.5. The number of ketones is 1. The fourth-order valence-corrected chi connectivity index (χ4v) is 4.94. The number of carbonyl (C=O) groups is 1. The summed E-state index contributed by atoms with van der Waals surface area (Å²) in [6, 6.07) is 5.93. The van der Waals surface area contributed by atoms with Crippen LogP contribution >= 0.6 is 11.6 Å². The van der Waals surface area contributed by atoms with Crippen LogP contribution in [-0.4, -0.2) is 59.9 Å². The number of rotatable bonds is 9. The standard InChI is InChI=1S/C26H32ClN5O3/c27-21-4-5-23-22(11-21)19(14-29-23)13-28-12-18-6-8-32(9-7-18)26-30-15-20(16-31-26)24(33)17-35-25-3-1-2-10-34-25/h4-5,11,14-16,18,25,28-29H,1-3,6-10,12-13,17H2. The van der Waals surface area contributed by atoms with Crippen molar-refractivity contribution in [3.05, 3.63) is 52.9 Å². The van der Waals surface area contributed by atoms with Gasteiger partial charge in [-0.1, -0.05) is 11.6 Å². The zero-order valence-corrected chi connectivity index (χ0v) is 20.6. The lowest BCUT2D eigenvalue weighted by molar-refractivity contribution is -0.155. The number of carbonyl (C=O) groups excluding carboxylic acids is 1. The van der Waals surface area contributed by atoms with E-state index in [1.165, 1.54) is 10.9 Å². The molecule has 8 nitrogen and oxygen atoms in total. The highest BCUT2D eigenvalue weighted by Gasteiger charge is 2.22. The Morgan fingerprint density at radius 2 is 2.03 bits per heavy atom. The number of hydrogen-bond donors (Lipinski definition) is 2. The van der Waals surface area contributed by atoms with Crippen molar-refractivity contribution in [1.29, 1.82) is 0 Å². The van der Waals surface area contributed by atoms with E-state index in [9.17, 15) is 4.79 Å². The molecule has 2 fully saturated rings. The Morgan fingerprint density at radius 3 is 2.80 bits per heavy atom. The first-order valence-electron chi connectivity index (χ1n) is 12.5. The van der Waals surface area contributed by atoms with Gasteiger partial charge in [-0.25, -0.2) is 9.97 Å². The number of aromatic amines is 1. The molecule has 35 heavy (non-hydrogen) atoms. The van der Waals surface area contributed by atoms with Crippen molar-refractivity contribution in [2.45, 2.75) is 44.9 Å². The van der Waals surface area contributed by atoms with Crippen LogP contribution in [0.2, 0.25) is 5.02 Å². The molecule has 4 heterocycles. The molecule has 2 aliphatic rings. The molecule has 0 aliphatic carbocycles. The van der Waals surface area contributed by atoms with Gasteiger partial charge in [0, 0.05) is 60.8 Å². The van der Waals surface area contributed by atoms with Gasteiger partial charge in [-0.2, -0.15) is 0 Å². The number of H-pyrrole nitrogens is 1. The number of anilines is 1. The average molecular weight is 498 g/mol. The van der Waals surface area contributed by atoms with Crippen LogP contribution in [0.5, 0.6) is 0 Å². The molecule has 2 N–H and O–H groups in total. The van der Waals surface area contributed by atoms with Crippen molar-refractivity contribution in [1.82, 2.24) is 20.3 Å². The van der Waals surface area contributed by atoms with Gasteiger partial charge in [0.25, 0.3) is 0 Å². The summed E-state index contributed by atoms with van der Waals surface area (Å²) in [5.74, 6) is 1.17. The van der Waals surface area contributed by atoms with Gasteiger partial charge in [0.2, 0.25) is 5.95 Å². The van der Waals surface area contributed by atoms with E-state index < -0.39 is 0 Å². The van der Waals surface area contributed by atoms with Gasteiger partial charge in [0.05, 0.1) is 5.56 Å². The summed E-state index contributed by atoms with van der Waals surface area (Å²) in [7, 11) is 0. The Labute approximate surface area is 210 Å². The molecule has 5 rings (SSSR count). The fraction of sp³-hybridized carbons (Fsp3) is 0.500. The van der Waals surface area contributed by atoms with Gasteiger partial charge in [-0.05, 0) is 68.3 Å². The number of aromatic nitrogens is 3. The number of hydrogen-bond acceptors (Lipinski definition) is 7. The predicted octanol–water partition coefficient (Wildman–Crippen LogP) is 4.34. The molecule has 9 heteroatoms. The van der Waals surface area contributed by atoms with E-state index in [1.54, 1.807) is 12.4 Å². The van der Waals surface area contributed by atoms with Crippen molar-refractivity contribution in [2.75, 3.05) is 37.7 Å². The van der Waals surface area contributed by atoms with Crippen LogP contribution in [0.25, 0.3) is 10.9 Å². The number of fused-ring (bicyclic) bond motifs is 1. The van der Waals surface area contributed by atoms with Gasteiger partial charge in [0.1, 0.15) is 6.61 Å². The van der Waals surface area contributed by atoms with Gasteiger partial charge < -0.3 is 24.7 Å². The Balaban J connectivity index is 1.05. The van der Waals surface area contributed by atoms with E-state index in [2.05, 4.69) is 31.4 Å². The maximum Gasteiger partial charge on any atom is 0.225 e. The minimum Gasteiger partial charge on any atom is -0.361 e. The number of ether oxygens (including phenoxy) is 2. The van der Waals surface area contributed by atoms with Crippen molar-refractivity contribution in [3.63, 3.8) is 0 Å². The maximum absolute atomic E-state index is 12.4. The zero-order chi connectivity index (χ0) is 24.0. The van der Waals surface area contributed by atoms with E-state index in [0.29, 0.717) is 24.0 Å². The van der Waals surface area contributed by atoms with Gasteiger partial charge in [-0.15, -0.1) is 0 Å². The number of nitrogens with one attached hydrogen (secondary N) is 2. The Morgan fingerprint density at radius 1 is 1.20 bits per heavy atom. The van der Waals surface area contributed by atoms with Crippen molar-refractivity contribution in [2.24, 2.45) is 5.92 Å². The van der Waals surface area contributed by atoms with E-state index >= 15 is 0 Å². The minimum atomic E-state index is -0.274. The molecule has 0 saturated carbocycles. The quantitative estimate of drug-likeness (QED) is 0.425. The minimum absolute atomic E-state index is 0.00262. The molecule has 3 aromatic rings. The van der Waals surface area contributed by atoms with E-state index in [-0.39, 0.29) is 18.7 Å². The van der Waals surface area contributed by atoms with Gasteiger partial charge in [-0.3, -0.25) is 4.79 Å². The van der Waals surface area contributed by atoms with Crippen LogP contribution in [0, 0.1) is 5.92 Å². The monoisotopic (exact) mass is 497 g/mol. The van der Waals surface area contributed by atoms with E-state index in [4.69, 9.17) is 21.1 Å². The topological polar surface area (TPSA) is 92.4 Å². The van der Waals surface area contributed by atoms with Crippen molar-refractivity contribution in [3.8, 4) is 0 Å². The van der Waals surface area contributed by atoms with Crippen LogP contribution in [0.1, 0.15) is 48.0 Å². The maximum atomic E-state index is 12.4. The lowest BCUT2D eigenvalue weighted by atomic mass is 9.97. The van der Waals surface area contributed by atoms with Gasteiger partial charge >= 0.3 is 0 Å². The first-order valence-corrected chi connectivity index (χ1v) is 12.8. The lowest BCUT2D eigenvalue weighted by Gasteiger charge is -2.32. The van der Waals surface area contributed by atoms with Crippen molar-refractivity contribution < 1.29 is 14.3 Å². The second-order valence-corrected chi connectivity index (χ2v) is 9.80. The molecule has 186 valence electrons. The van der Waals surface area contributed by atoms with Crippen LogP contribution in [0.4, 0.5) is 5.95 Å². The molecule has 1 atom stereocenters. The number of nitrogens with zero attached hydrogens (tertiary/aromatic N) is 3. The average Bonchev–Trinajstić information content (AvgIpc) is 3.30. The molecule has 2 saturated heterocycles. The summed E-state index contributed by atoms with van der Waals surface area (Å²) < 4.78 is 11.1. The third kappa shape index (κ3) is 6.19. The van der Waals surface area contributed by atoms with E-state index in [0.717, 1.165) is 68.8 Å². The lowest BCUT2D eigenvalue weighted by Crippen LogP contribution is -2.38. The van der Waals surface area contributed by atoms with Crippen LogP contribution < -0.4 is 10.2 Å². The molecule has 1 unspecified atom stereocenters. The van der Waals surface area contributed by atoms with Gasteiger partial charge in [0.15, 0.2) is 12.1 Å². The molecule has 0 bridgehead atoms. The van der Waals surface area contributed by atoms with Crippen LogP contribution in [0.15, 0.2) is 36.8 Å². The SMILES string of the molecule is O=C(COC1CCCCO1)c1cnc(N2CCC(CNCc3c[nH]c4ccc(Cl)cc34)CC2)nc1. The zero-order valence-electron chi connectivity index (χ0n) is 19.8. The Hall–Kier alpha value is -2.52. The first-order chi connectivity index (χ1) is 17.2. The molecule has 0 radical (unpaired) electrons. The largest absolute Gasteiger partial charge is 0.361 e. The number of Topliss-reactive ketones (excluding diaryl/α,β-unsaturated/α-hetero) is 1. The molecular formula is C26H32ClN5O3. The fourth-order valence-electron chi connectivity index (χ4n) is 4.77. The smallest absolute Gasteiger partial charge is 0.225 e. The summed E-state index contributed by atoms with van der Waals surface area (Å²) in [6.07, 6.45) is 10.1. The number of halogens is 1. The Bertz CT molecular complexity index is 1120. The summed E-state index contributed by atoms with van der Waals surface area (Å²) >= 11 is 6.16. The highest BCUT2D eigenvalue weighted by Crippen LogP contribution is 2.23. The summed E-state index contributed by atoms with van der Waals surface area (Å²) in [4.78, 5) is 26.8. The first kappa shape index (κ1) is 24.2. The highest BCUT2D eigenvalue weighted by atomic mass is 35.5. The molecule has 2 aromatic heterocycles. The third-order valence-electron chi connectivity index (χ3n) is 6.87. The van der Waals surface area contributed by atoms with Crippen molar-refractivity contribution >= 4 is 34.2 Å². The second-order valence-electron chi connectivity index (χ2n) is 9.37.